The number of hydrogen-bond donors (Lipinski definition) is 1. The maximum Gasteiger partial charge on any atom is 0.0799 e. The van der Waals surface area contributed by atoms with Gasteiger partial charge in [-0.25, -0.2) is 0 Å². The van der Waals surface area contributed by atoms with Gasteiger partial charge < -0.3 is 5.11 Å². The summed E-state index contributed by atoms with van der Waals surface area (Å²) in [5, 5.41) is 10.4. The van der Waals surface area contributed by atoms with Crippen LogP contribution < -0.4 is 0 Å². The van der Waals surface area contributed by atoms with E-state index in [2.05, 4.69) is 49.8 Å². The molecule has 90 valence electrons. The summed E-state index contributed by atoms with van der Waals surface area (Å²) in [6.07, 6.45) is 0. The zero-order chi connectivity index (χ0) is 12.6. The van der Waals surface area contributed by atoms with Crippen LogP contribution in [0.25, 0.3) is 0 Å². The van der Waals surface area contributed by atoms with E-state index in [-0.39, 0.29) is 5.41 Å². The average molecular weight is 301 g/mol. The first-order chi connectivity index (χ1) is 7.19. The molecule has 0 spiro atoms. The molecule has 0 aliphatic carbocycles. The van der Waals surface area contributed by atoms with Crippen LogP contribution in [0.2, 0.25) is 13.1 Å². The minimum Gasteiger partial charge on any atom is -0.389 e. The molecule has 0 aromatic heterocycles. The van der Waals surface area contributed by atoms with Gasteiger partial charge in [-0.3, -0.25) is 0 Å². The zero-order valence-electron chi connectivity index (χ0n) is 10.7. The van der Waals surface area contributed by atoms with Crippen LogP contribution in [0.1, 0.15) is 26.3 Å². The van der Waals surface area contributed by atoms with Gasteiger partial charge >= 0.3 is 0 Å². The Bertz CT molecular complexity index is 353. The van der Waals surface area contributed by atoms with Crippen molar-refractivity contribution in [2.75, 3.05) is 0 Å². The molecule has 0 fully saturated rings. The molecule has 0 saturated heterocycles. The smallest absolute Gasteiger partial charge is 0.0799 e. The van der Waals surface area contributed by atoms with E-state index in [0.717, 1.165) is 10.0 Å². The van der Waals surface area contributed by atoms with Crippen molar-refractivity contribution in [3.8, 4) is 0 Å². The fourth-order valence-electron chi connectivity index (χ4n) is 2.34. The molecule has 0 saturated carbocycles. The van der Waals surface area contributed by atoms with E-state index in [1.807, 2.05) is 24.3 Å². The Labute approximate surface area is 109 Å². The number of rotatable bonds is 2. The van der Waals surface area contributed by atoms with Crippen LogP contribution in [0.5, 0.6) is 0 Å². The van der Waals surface area contributed by atoms with Gasteiger partial charge in [0.25, 0.3) is 0 Å². The van der Waals surface area contributed by atoms with Gasteiger partial charge in [-0.15, -0.1) is 0 Å². The highest BCUT2D eigenvalue weighted by molar-refractivity contribution is 9.10. The molecule has 0 bridgehead atoms. The number of hydrogen-bond acceptors (Lipinski definition) is 1. The van der Waals surface area contributed by atoms with Crippen LogP contribution in [-0.4, -0.2) is 13.9 Å². The lowest BCUT2D eigenvalue weighted by Crippen LogP contribution is -2.49. The van der Waals surface area contributed by atoms with Crippen molar-refractivity contribution in [1.82, 2.24) is 0 Å². The van der Waals surface area contributed by atoms with Gasteiger partial charge in [-0.2, -0.15) is 0 Å². The summed E-state index contributed by atoms with van der Waals surface area (Å²) in [5.41, 5.74) is 0.922. The van der Waals surface area contributed by atoms with Gasteiger partial charge in [-0.05, 0) is 23.1 Å². The Hall–Kier alpha value is -0.123. The van der Waals surface area contributed by atoms with Gasteiger partial charge in [0.2, 0.25) is 0 Å². The fourth-order valence-corrected chi connectivity index (χ4v) is 5.19. The molecule has 1 nitrogen and oxygen atoms in total. The predicted octanol–water partition coefficient (Wildman–Crippen LogP) is 3.71. The summed E-state index contributed by atoms with van der Waals surface area (Å²) in [6, 6.07) is 8.07. The van der Waals surface area contributed by atoms with Gasteiger partial charge in [0.1, 0.15) is 0 Å². The molecule has 1 aromatic carbocycles. The van der Waals surface area contributed by atoms with E-state index < -0.39 is 14.0 Å². The Morgan fingerprint density at radius 3 is 1.81 bits per heavy atom. The second kappa shape index (κ2) is 4.63. The molecule has 0 amide bonds. The van der Waals surface area contributed by atoms with Gasteiger partial charge in [0.15, 0.2) is 0 Å². The molecule has 1 atom stereocenters. The third-order valence-electron chi connectivity index (χ3n) is 3.26. The van der Waals surface area contributed by atoms with Gasteiger partial charge in [0, 0.05) is 4.47 Å². The van der Waals surface area contributed by atoms with Gasteiger partial charge in [-0.1, -0.05) is 61.9 Å². The van der Waals surface area contributed by atoms with E-state index in [4.69, 9.17) is 0 Å². The Morgan fingerprint density at radius 1 is 1.06 bits per heavy atom. The van der Waals surface area contributed by atoms with E-state index in [1.54, 1.807) is 0 Å². The summed E-state index contributed by atoms with van der Waals surface area (Å²) in [6.45, 7) is 10.7. The standard InChI is InChI=1S/C13H21BrOSi/c1-12(2,3)13(15,16(4)5)10-6-8-11(14)9-7-10/h6-9,15-16H,1-5H3. The van der Waals surface area contributed by atoms with Gasteiger partial charge in [0.05, 0.1) is 14.0 Å². The van der Waals surface area contributed by atoms with E-state index in [1.165, 1.54) is 0 Å². The number of aliphatic hydroxyl groups is 1. The van der Waals surface area contributed by atoms with Crippen molar-refractivity contribution in [2.45, 2.75) is 39.1 Å². The van der Waals surface area contributed by atoms with Crippen LogP contribution in [0.15, 0.2) is 28.7 Å². The van der Waals surface area contributed by atoms with Crippen LogP contribution in [0.4, 0.5) is 0 Å². The Balaban J connectivity index is 3.28. The summed E-state index contributed by atoms with van der Waals surface area (Å²) in [7, 11) is -1.23. The van der Waals surface area contributed by atoms with Crippen molar-refractivity contribution in [3.63, 3.8) is 0 Å². The summed E-state index contributed by atoms with van der Waals surface area (Å²) in [4.78, 5) is 0. The highest BCUT2D eigenvalue weighted by Gasteiger charge is 2.44. The van der Waals surface area contributed by atoms with E-state index in [0.29, 0.717) is 0 Å². The lowest BCUT2D eigenvalue weighted by molar-refractivity contribution is 0.00860. The predicted molar refractivity (Wildman–Crippen MR) is 76.4 cm³/mol. The molecular weight excluding hydrogens is 280 g/mol. The molecule has 3 heteroatoms. The molecule has 0 aliphatic rings. The molecular formula is C13H21BrOSi. The SMILES string of the molecule is C[SiH](C)C(O)(c1ccc(Br)cc1)C(C)(C)C. The second-order valence-electron chi connectivity index (χ2n) is 5.68. The third kappa shape index (κ3) is 2.41. The Morgan fingerprint density at radius 2 is 1.50 bits per heavy atom. The fraction of sp³-hybridized carbons (Fsp3) is 0.538. The highest BCUT2D eigenvalue weighted by Crippen LogP contribution is 2.41. The van der Waals surface area contributed by atoms with E-state index >= 15 is 0 Å². The zero-order valence-corrected chi connectivity index (χ0v) is 13.5. The van der Waals surface area contributed by atoms with E-state index in [9.17, 15) is 5.11 Å². The summed E-state index contributed by atoms with van der Waals surface area (Å²) in [5.74, 6) is 0. The third-order valence-corrected chi connectivity index (χ3v) is 6.66. The summed E-state index contributed by atoms with van der Waals surface area (Å²) < 4.78 is 1.05. The highest BCUT2D eigenvalue weighted by atomic mass is 79.9. The lowest BCUT2D eigenvalue weighted by Gasteiger charge is -2.44. The lowest BCUT2D eigenvalue weighted by atomic mass is 9.84. The largest absolute Gasteiger partial charge is 0.389 e. The first kappa shape index (κ1) is 13.9. The first-order valence-corrected chi connectivity index (χ1v) is 9.36. The quantitative estimate of drug-likeness (QED) is 0.826. The molecule has 1 N–H and O–H groups in total. The molecule has 1 aromatic rings. The number of halogens is 1. The minimum atomic E-state index is -1.23. The Kier molecular flexibility index (Phi) is 4.03. The normalized spacial score (nSPS) is 16.2. The topological polar surface area (TPSA) is 20.2 Å². The first-order valence-electron chi connectivity index (χ1n) is 5.68. The maximum absolute atomic E-state index is 11.0. The van der Waals surface area contributed by atoms with Crippen molar-refractivity contribution < 1.29 is 5.11 Å². The molecule has 16 heavy (non-hydrogen) atoms. The molecule has 0 aliphatic heterocycles. The minimum absolute atomic E-state index is 0.124. The van der Waals surface area contributed by atoms with Crippen LogP contribution in [-0.2, 0) is 5.22 Å². The average Bonchev–Trinajstić information content (AvgIpc) is 2.15. The molecule has 1 rings (SSSR count). The monoisotopic (exact) mass is 300 g/mol. The van der Waals surface area contributed by atoms with Crippen molar-refractivity contribution in [1.29, 1.82) is 0 Å². The molecule has 1 unspecified atom stereocenters. The second-order valence-corrected chi connectivity index (χ2v) is 9.74. The van der Waals surface area contributed by atoms with Crippen molar-refractivity contribution in [3.05, 3.63) is 34.3 Å². The molecule has 0 heterocycles. The van der Waals surface area contributed by atoms with Crippen molar-refractivity contribution in [2.24, 2.45) is 5.41 Å². The maximum atomic E-state index is 11.0. The van der Waals surface area contributed by atoms with Crippen LogP contribution in [0, 0.1) is 5.41 Å². The summed E-state index contributed by atoms with van der Waals surface area (Å²) >= 11 is 3.43. The molecule has 0 radical (unpaired) electrons. The van der Waals surface area contributed by atoms with Crippen LogP contribution in [0.3, 0.4) is 0 Å². The van der Waals surface area contributed by atoms with Crippen LogP contribution >= 0.6 is 15.9 Å². The number of benzene rings is 1. The van der Waals surface area contributed by atoms with Crippen molar-refractivity contribution >= 4 is 24.7 Å².